The standard InChI is InChI=1S/C21H28N2O2S/c24-20(23-7-1-2-8-23)18-3-5-19(6-4-18)22-26(25)21-12-15-9-16(13-21)11-17(10-15)14-21/h3-6,15-17,22H,1-2,7-14H2. The van der Waals surface area contributed by atoms with Crippen LogP contribution in [0.15, 0.2) is 24.3 Å². The maximum absolute atomic E-state index is 13.2. The molecule has 5 fully saturated rings. The van der Waals surface area contributed by atoms with Crippen molar-refractivity contribution >= 4 is 22.6 Å². The molecule has 1 unspecified atom stereocenters. The van der Waals surface area contributed by atoms with E-state index in [4.69, 9.17) is 0 Å². The summed E-state index contributed by atoms with van der Waals surface area (Å²) in [7, 11) is -1.04. The number of benzene rings is 1. The van der Waals surface area contributed by atoms with Crippen molar-refractivity contribution in [2.24, 2.45) is 17.8 Å². The lowest BCUT2D eigenvalue weighted by atomic mass is 9.56. The summed E-state index contributed by atoms with van der Waals surface area (Å²) in [5, 5.41) is 0. The number of likely N-dealkylation sites (tertiary alicyclic amines) is 1. The summed E-state index contributed by atoms with van der Waals surface area (Å²) in [5.74, 6) is 2.52. The lowest BCUT2D eigenvalue weighted by Crippen LogP contribution is -2.54. The lowest BCUT2D eigenvalue weighted by molar-refractivity contribution is 0.0363. The zero-order chi connectivity index (χ0) is 17.7. The van der Waals surface area contributed by atoms with E-state index in [0.717, 1.165) is 74.2 Å². The Morgan fingerprint density at radius 3 is 2.04 bits per heavy atom. The summed E-state index contributed by atoms with van der Waals surface area (Å²) in [5.41, 5.74) is 1.61. The van der Waals surface area contributed by atoms with Gasteiger partial charge in [-0.05, 0) is 93.4 Å². The average Bonchev–Trinajstić information content (AvgIpc) is 3.15. The van der Waals surface area contributed by atoms with Crippen molar-refractivity contribution in [1.82, 2.24) is 4.90 Å². The Hall–Kier alpha value is -1.36. The molecule has 26 heavy (non-hydrogen) atoms. The smallest absolute Gasteiger partial charge is 0.253 e. The van der Waals surface area contributed by atoms with Crippen LogP contribution in [0.2, 0.25) is 0 Å². The van der Waals surface area contributed by atoms with Crippen LogP contribution in [0.3, 0.4) is 0 Å². The molecule has 1 saturated heterocycles. The zero-order valence-electron chi connectivity index (χ0n) is 15.3. The van der Waals surface area contributed by atoms with Gasteiger partial charge in [-0.1, -0.05) is 0 Å². The summed E-state index contributed by atoms with van der Waals surface area (Å²) in [4.78, 5) is 14.4. The van der Waals surface area contributed by atoms with Gasteiger partial charge in [0.15, 0.2) is 0 Å². The van der Waals surface area contributed by atoms with Gasteiger partial charge in [-0.25, -0.2) is 4.21 Å². The highest BCUT2D eigenvalue weighted by molar-refractivity contribution is 7.87. The van der Waals surface area contributed by atoms with Crippen molar-refractivity contribution < 1.29 is 9.00 Å². The average molecular weight is 373 g/mol. The van der Waals surface area contributed by atoms with Crippen LogP contribution in [0, 0.1) is 17.8 Å². The van der Waals surface area contributed by atoms with Crippen LogP contribution in [0.1, 0.15) is 61.7 Å². The summed E-state index contributed by atoms with van der Waals surface area (Å²) in [6, 6.07) is 7.59. The van der Waals surface area contributed by atoms with E-state index < -0.39 is 11.0 Å². The highest BCUT2D eigenvalue weighted by Gasteiger charge is 2.54. The number of rotatable bonds is 4. The number of carbonyl (C=O) groups is 1. The molecule has 1 amide bonds. The van der Waals surface area contributed by atoms with Gasteiger partial charge in [-0.15, -0.1) is 0 Å². The fourth-order valence-electron chi connectivity index (χ4n) is 6.26. The molecule has 1 N–H and O–H groups in total. The molecule has 4 nitrogen and oxygen atoms in total. The first kappa shape index (κ1) is 16.8. The number of amides is 1. The van der Waals surface area contributed by atoms with E-state index >= 15 is 0 Å². The van der Waals surface area contributed by atoms with Gasteiger partial charge in [0.2, 0.25) is 0 Å². The van der Waals surface area contributed by atoms with Gasteiger partial charge in [0.25, 0.3) is 5.91 Å². The van der Waals surface area contributed by atoms with Crippen LogP contribution in [0.5, 0.6) is 0 Å². The Morgan fingerprint density at radius 1 is 0.962 bits per heavy atom. The van der Waals surface area contributed by atoms with Gasteiger partial charge in [0.05, 0.1) is 4.75 Å². The number of hydrogen-bond donors (Lipinski definition) is 1. The van der Waals surface area contributed by atoms with Crippen molar-refractivity contribution in [3.05, 3.63) is 29.8 Å². The molecule has 0 spiro atoms. The predicted octanol–water partition coefficient (Wildman–Crippen LogP) is 3.97. The fraction of sp³-hybridized carbons (Fsp3) is 0.667. The quantitative estimate of drug-likeness (QED) is 0.869. The third kappa shape index (κ3) is 2.88. The third-order valence-electron chi connectivity index (χ3n) is 7.11. The first-order valence-electron chi connectivity index (χ1n) is 10.2. The number of nitrogens with zero attached hydrogens (tertiary/aromatic N) is 1. The van der Waals surface area contributed by atoms with E-state index in [1.807, 2.05) is 29.2 Å². The van der Waals surface area contributed by atoms with E-state index in [-0.39, 0.29) is 10.7 Å². The third-order valence-corrected chi connectivity index (χ3v) is 8.82. The van der Waals surface area contributed by atoms with Crippen molar-refractivity contribution in [2.45, 2.75) is 56.1 Å². The van der Waals surface area contributed by atoms with Crippen LogP contribution in [-0.2, 0) is 11.0 Å². The van der Waals surface area contributed by atoms with E-state index in [2.05, 4.69) is 4.72 Å². The minimum absolute atomic E-state index is 0.0151. The van der Waals surface area contributed by atoms with Crippen molar-refractivity contribution in [1.29, 1.82) is 0 Å². The van der Waals surface area contributed by atoms with Crippen LogP contribution in [-0.4, -0.2) is 32.9 Å². The molecule has 6 rings (SSSR count). The van der Waals surface area contributed by atoms with Gasteiger partial charge in [-0.2, -0.15) is 0 Å². The van der Waals surface area contributed by atoms with Crippen LogP contribution < -0.4 is 4.72 Å². The Labute approximate surface area is 158 Å². The zero-order valence-corrected chi connectivity index (χ0v) is 16.1. The number of hydrogen-bond acceptors (Lipinski definition) is 2. The summed E-state index contributed by atoms with van der Waals surface area (Å²) in [6.45, 7) is 1.74. The molecule has 0 radical (unpaired) electrons. The summed E-state index contributed by atoms with van der Waals surface area (Å²) >= 11 is 0. The van der Waals surface area contributed by atoms with Crippen LogP contribution in [0.4, 0.5) is 5.69 Å². The number of carbonyl (C=O) groups excluding carboxylic acids is 1. The maximum atomic E-state index is 13.2. The highest BCUT2D eigenvalue weighted by Crippen LogP contribution is 2.57. The van der Waals surface area contributed by atoms with E-state index in [9.17, 15) is 9.00 Å². The molecule has 5 aliphatic rings. The molecule has 4 aliphatic carbocycles. The van der Waals surface area contributed by atoms with E-state index in [1.165, 1.54) is 19.3 Å². The Morgan fingerprint density at radius 2 is 1.50 bits per heavy atom. The largest absolute Gasteiger partial charge is 0.339 e. The van der Waals surface area contributed by atoms with Gasteiger partial charge >= 0.3 is 0 Å². The molecule has 1 atom stereocenters. The summed E-state index contributed by atoms with van der Waals surface area (Å²) < 4.78 is 16.5. The minimum atomic E-state index is -1.04. The topological polar surface area (TPSA) is 49.4 Å². The molecule has 140 valence electrons. The monoisotopic (exact) mass is 372 g/mol. The summed E-state index contributed by atoms with van der Waals surface area (Å²) in [6.07, 6.45) is 9.69. The molecule has 1 aliphatic heterocycles. The van der Waals surface area contributed by atoms with Crippen molar-refractivity contribution in [3.8, 4) is 0 Å². The minimum Gasteiger partial charge on any atom is -0.339 e. The normalized spacial score (nSPS) is 36.3. The van der Waals surface area contributed by atoms with Gasteiger partial charge < -0.3 is 9.62 Å². The van der Waals surface area contributed by atoms with E-state index in [1.54, 1.807) is 0 Å². The second kappa shape index (κ2) is 6.36. The number of anilines is 1. The van der Waals surface area contributed by atoms with Crippen LogP contribution >= 0.6 is 0 Å². The highest BCUT2D eigenvalue weighted by atomic mass is 32.2. The second-order valence-corrected chi connectivity index (χ2v) is 10.7. The molecule has 1 aromatic rings. The molecule has 4 saturated carbocycles. The molecule has 1 heterocycles. The van der Waals surface area contributed by atoms with Crippen molar-refractivity contribution in [2.75, 3.05) is 17.8 Å². The lowest BCUT2D eigenvalue weighted by Gasteiger charge is -2.55. The second-order valence-electron chi connectivity index (χ2n) is 9.05. The first-order chi connectivity index (χ1) is 12.6. The fourth-order valence-corrected chi connectivity index (χ4v) is 7.99. The Kier molecular flexibility index (Phi) is 4.11. The Bertz CT molecular complexity index is 689. The first-order valence-corrected chi connectivity index (χ1v) is 11.3. The molecule has 5 heteroatoms. The van der Waals surface area contributed by atoms with Gasteiger partial charge in [0.1, 0.15) is 11.0 Å². The maximum Gasteiger partial charge on any atom is 0.253 e. The van der Waals surface area contributed by atoms with Gasteiger partial charge in [-0.3, -0.25) is 4.79 Å². The molecule has 4 bridgehead atoms. The SMILES string of the molecule is O=C(c1ccc(NS(=O)C23CC4CC(CC(C4)C2)C3)cc1)N1CCCC1. The predicted molar refractivity (Wildman–Crippen MR) is 104 cm³/mol. The Balaban J connectivity index is 1.28. The molecular formula is C21H28N2O2S. The molecule has 1 aromatic carbocycles. The number of nitrogens with one attached hydrogen (secondary N) is 1. The van der Waals surface area contributed by atoms with E-state index in [0.29, 0.717) is 0 Å². The van der Waals surface area contributed by atoms with Crippen molar-refractivity contribution in [3.63, 3.8) is 0 Å². The van der Waals surface area contributed by atoms with Gasteiger partial charge in [0, 0.05) is 24.3 Å². The molecule has 0 aromatic heterocycles. The van der Waals surface area contributed by atoms with Crippen LogP contribution in [0.25, 0.3) is 0 Å². The molecular weight excluding hydrogens is 344 g/mol.